The van der Waals surface area contributed by atoms with E-state index in [1.165, 1.54) is 6.33 Å². The summed E-state index contributed by atoms with van der Waals surface area (Å²) in [5.74, 6) is 1.97. The van der Waals surface area contributed by atoms with E-state index in [1.807, 2.05) is 5.82 Å². The summed E-state index contributed by atoms with van der Waals surface area (Å²) in [6.45, 7) is -0.271. The molecule has 0 bridgehead atoms. The molecule has 0 spiro atoms. The van der Waals surface area contributed by atoms with Crippen molar-refractivity contribution < 1.29 is 14.9 Å². The van der Waals surface area contributed by atoms with Crippen LogP contribution in [-0.2, 0) is 4.74 Å². The summed E-state index contributed by atoms with van der Waals surface area (Å²) in [7, 11) is 0. The Morgan fingerprint density at radius 1 is 1.62 bits per heavy atom. The molecule has 3 heterocycles. The van der Waals surface area contributed by atoms with E-state index in [2.05, 4.69) is 15.0 Å². The van der Waals surface area contributed by atoms with Crippen LogP contribution in [0, 0.1) is 0 Å². The summed E-state index contributed by atoms with van der Waals surface area (Å²) in [4.78, 5) is 22.1. The molecule has 21 heavy (non-hydrogen) atoms. The Balaban J connectivity index is 2.10. The van der Waals surface area contributed by atoms with Gasteiger partial charge < -0.3 is 0 Å². The number of aliphatic hydroxyl groups excluding tert-OH is 2. The molecule has 1 saturated heterocycles. The fraction of sp³-hybridized carbons (Fsp3) is 0.545. The second-order valence-electron chi connectivity index (χ2n) is 4.71. The van der Waals surface area contributed by atoms with Crippen molar-refractivity contribution in [3.63, 3.8) is 0 Å². The van der Waals surface area contributed by atoms with Gasteiger partial charge in [0.15, 0.2) is 0 Å². The van der Waals surface area contributed by atoms with Crippen LogP contribution in [0.3, 0.4) is 0 Å². The average Bonchev–Trinajstić information content (AvgIpc) is 2.99. The number of hydrogen-bond donors (Lipinski definition) is 4. The van der Waals surface area contributed by atoms with E-state index in [-0.39, 0.29) is 37.8 Å². The van der Waals surface area contributed by atoms with Gasteiger partial charge in [-0.1, -0.05) is 0 Å². The molecule has 0 aliphatic carbocycles. The number of aromatic nitrogens is 4. The van der Waals surface area contributed by atoms with Crippen molar-refractivity contribution in [3.05, 3.63) is 16.7 Å². The zero-order valence-electron chi connectivity index (χ0n) is 11.1. The van der Waals surface area contributed by atoms with Gasteiger partial charge in [0.05, 0.1) is 0 Å². The van der Waals surface area contributed by atoms with Crippen molar-refractivity contribution in [2.75, 3.05) is 12.3 Å². The zero-order chi connectivity index (χ0) is 15.1. The standard InChI is InChI=1S/C11H15N5O4Se/c1-21-7-6(18)4(2-17)20-10(7)16-3-13-5-8(16)14-11(12)15-9(5)19/h3-4,6-7,10,17-18H,2H2,1H3,(H3,12,14,15,19)/t4-,6-,7+,10-/m1/s1. The van der Waals surface area contributed by atoms with E-state index in [1.54, 1.807) is 4.57 Å². The van der Waals surface area contributed by atoms with Crippen LogP contribution in [0.25, 0.3) is 11.2 Å². The Bertz CT molecular complexity index is 716. The number of nitrogens with one attached hydrogen (secondary N) is 1. The van der Waals surface area contributed by atoms with Crippen LogP contribution in [0.2, 0.25) is 10.6 Å². The predicted octanol–water partition coefficient (Wildman–Crippen LogP) is -1.51. The van der Waals surface area contributed by atoms with Gasteiger partial charge in [0, 0.05) is 0 Å². The maximum atomic E-state index is 11.8. The number of aliphatic hydroxyl groups is 2. The zero-order valence-corrected chi connectivity index (χ0v) is 12.8. The first-order chi connectivity index (χ1) is 10.1. The monoisotopic (exact) mass is 361 g/mol. The minimum absolute atomic E-state index is 0.00920. The number of H-pyrrole nitrogens is 1. The van der Waals surface area contributed by atoms with Crippen molar-refractivity contribution in [2.24, 2.45) is 0 Å². The molecule has 5 N–H and O–H groups in total. The van der Waals surface area contributed by atoms with Crippen molar-refractivity contribution in [2.45, 2.75) is 29.1 Å². The number of anilines is 1. The quantitative estimate of drug-likeness (QED) is 0.488. The first-order valence-electron chi connectivity index (χ1n) is 6.26. The molecule has 2 aromatic rings. The van der Waals surface area contributed by atoms with E-state index < -0.39 is 24.0 Å². The number of aromatic amines is 1. The van der Waals surface area contributed by atoms with Gasteiger partial charge in [-0.2, -0.15) is 0 Å². The number of nitrogens with zero attached hydrogens (tertiary/aromatic N) is 3. The molecule has 1 aliphatic rings. The molecule has 0 radical (unpaired) electrons. The molecule has 3 rings (SSSR count). The van der Waals surface area contributed by atoms with Gasteiger partial charge in [-0.3, -0.25) is 0 Å². The van der Waals surface area contributed by atoms with Crippen LogP contribution >= 0.6 is 0 Å². The third kappa shape index (κ3) is 2.25. The molecule has 0 unspecified atom stereocenters. The predicted molar refractivity (Wildman–Crippen MR) is 74.9 cm³/mol. The Morgan fingerprint density at radius 2 is 2.38 bits per heavy atom. The topological polar surface area (TPSA) is 139 Å². The van der Waals surface area contributed by atoms with Crippen LogP contribution in [0.1, 0.15) is 6.23 Å². The molecule has 4 atom stereocenters. The van der Waals surface area contributed by atoms with E-state index >= 15 is 0 Å². The summed E-state index contributed by atoms with van der Waals surface area (Å²) in [6.07, 6.45) is -0.497. The van der Waals surface area contributed by atoms with E-state index in [4.69, 9.17) is 10.5 Å². The number of fused-ring (bicyclic) bond motifs is 1. The van der Waals surface area contributed by atoms with E-state index in [9.17, 15) is 15.0 Å². The molecule has 0 amide bonds. The Kier molecular flexibility index (Phi) is 3.72. The van der Waals surface area contributed by atoms with Gasteiger partial charge in [-0.25, -0.2) is 0 Å². The number of hydrogen-bond acceptors (Lipinski definition) is 7. The summed E-state index contributed by atoms with van der Waals surface area (Å²) in [5, 5.41) is 19.5. The fourth-order valence-corrected chi connectivity index (χ4v) is 4.33. The van der Waals surface area contributed by atoms with Gasteiger partial charge in [-0.05, 0) is 0 Å². The average molecular weight is 360 g/mol. The first kappa shape index (κ1) is 14.5. The van der Waals surface area contributed by atoms with Crippen LogP contribution < -0.4 is 11.3 Å². The third-order valence-electron chi connectivity index (χ3n) is 3.49. The number of imidazole rings is 1. The van der Waals surface area contributed by atoms with Gasteiger partial charge >= 0.3 is 125 Å². The van der Waals surface area contributed by atoms with Crippen molar-refractivity contribution in [1.82, 2.24) is 19.5 Å². The fourth-order valence-electron chi connectivity index (χ4n) is 2.48. The van der Waals surface area contributed by atoms with Gasteiger partial charge in [0.1, 0.15) is 0 Å². The number of ether oxygens (including phenoxy) is 1. The SMILES string of the molecule is C[Se][C@H]1[C@H](O)[C@@H](CO)O[C@H]1n1cnc2c(=O)[nH]c(N)nc21. The van der Waals surface area contributed by atoms with Crippen LogP contribution in [-0.4, -0.2) is 63.5 Å². The normalized spacial score (nSPS) is 29.3. The Labute approximate surface area is 125 Å². The summed E-state index contributed by atoms with van der Waals surface area (Å²) in [6, 6.07) is 0. The Morgan fingerprint density at radius 3 is 3.05 bits per heavy atom. The molecule has 10 heteroatoms. The van der Waals surface area contributed by atoms with Crippen LogP contribution in [0.15, 0.2) is 11.1 Å². The van der Waals surface area contributed by atoms with E-state index in [0.717, 1.165) is 0 Å². The van der Waals surface area contributed by atoms with Crippen molar-refractivity contribution in [3.8, 4) is 0 Å². The minimum atomic E-state index is -0.762. The van der Waals surface area contributed by atoms with Crippen molar-refractivity contribution >= 4 is 32.1 Å². The second-order valence-corrected chi connectivity index (χ2v) is 6.84. The molecule has 2 aromatic heterocycles. The molecule has 9 nitrogen and oxygen atoms in total. The molecular weight excluding hydrogens is 345 g/mol. The number of nitrogens with two attached hydrogens (primary N) is 1. The molecule has 0 aromatic carbocycles. The number of nitrogen functional groups attached to an aromatic ring is 1. The molecule has 0 saturated carbocycles. The summed E-state index contributed by atoms with van der Waals surface area (Å²) in [5.41, 5.74) is 5.61. The van der Waals surface area contributed by atoms with Crippen LogP contribution in [0.5, 0.6) is 0 Å². The molecule has 114 valence electrons. The third-order valence-corrected chi connectivity index (χ3v) is 5.71. The summed E-state index contributed by atoms with van der Waals surface area (Å²) < 4.78 is 7.30. The maximum absolute atomic E-state index is 11.8. The van der Waals surface area contributed by atoms with Gasteiger partial charge in [-0.15, -0.1) is 0 Å². The van der Waals surface area contributed by atoms with E-state index in [0.29, 0.717) is 5.65 Å². The molecular formula is C11H15N5O4Se. The van der Waals surface area contributed by atoms with Gasteiger partial charge in [0.25, 0.3) is 0 Å². The molecule has 1 fully saturated rings. The van der Waals surface area contributed by atoms with Crippen LogP contribution in [0.4, 0.5) is 5.95 Å². The van der Waals surface area contributed by atoms with Gasteiger partial charge in [0.2, 0.25) is 0 Å². The number of rotatable bonds is 3. The second kappa shape index (κ2) is 5.39. The summed E-state index contributed by atoms with van der Waals surface area (Å²) >= 11 is 0.0668. The van der Waals surface area contributed by atoms with Crippen molar-refractivity contribution in [1.29, 1.82) is 0 Å². The Hall–Kier alpha value is -1.45. The first-order valence-corrected chi connectivity index (χ1v) is 8.96. The molecule has 1 aliphatic heterocycles.